The molecule has 0 N–H and O–H groups in total. The molecule has 0 aliphatic rings. The molecule has 2 aromatic carbocycles. The Morgan fingerprint density at radius 3 is 2.35 bits per heavy atom. The van der Waals surface area contributed by atoms with E-state index in [-0.39, 0.29) is 11.0 Å². The fraction of sp³-hybridized carbons (Fsp3) is 0.250. The summed E-state index contributed by atoms with van der Waals surface area (Å²) in [6.07, 6.45) is 3.51. The first kappa shape index (κ1) is 24.7. The normalized spacial score (nSPS) is 11.7. The van der Waals surface area contributed by atoms with Gasteiger partial charge in [0.05, 0.1) is 0 Å². The number of hydrogen-bond donors (Lipinski definition) is 0. The van der Waals surface area contributed by atoms with Crippen molar-refractivity contribution in [2.45, 2.75) is 36.5 Å². The van der Waals surface area contributed by atoms with Crippen LogP contribution in [0.5, 0.6) is 0 Å². The van der Waals surface area contributed by atoms with Crippen LogP contribution in [-0.4, -0.2) is 26.0 Å². The van der Waals surface area contributed by atoms with E-state index >= 15 is 0 Å². The van der Waals surface area contributed by atoms with Crippen LogP contribution in [0.1, 0.15) is 47.5 Å². The monoisotopic (exact) mass is 536 g/mol. The number of nitrogens with zero attached hydrogens (tertiary/aromatic N) is 4. The molecule has 0 aliphatic heterocycles. The minimum Gasteiger partial charge on any atom is -0.334 e. The summed E-state index contributed by atoms with van der Waals surface area (Å²) in [7, 11) is 0. The summed E-state index contributed by atoms with van der Waals surface area (Å²) in [4.78, 5) is 20.2. The average Bonchev–Trinajstić information content (AvgIpc) is 3.43. The third-order valence-corrected chi connectivity index (χ3v) is 6.11. The summed E-state index contributed by atoms with van der Waals surface area (Å²) in [5.41, 5.74) is 3.99. The van der Waals surface area contributed by atoms with Gasteiger partial charge in [-0.05, 0) is 23.1 Å². The van der Waals surface area contributed by atoms with E-state index in [1.165, 1.54) is 0 Å². The van der Waals surface area contributed by atoms with Crippen LogP contribution in [0.4, 0.5) is 0 Å². The maximum absolute atomic E-state index is 11.6. The number of rotatable bonds is 8. The highest BCUT2D eigenvalue weighted by Crippen LogP contribution is 2.39. The van der Waals surface area contributed by atoms with Crippen molar-refractivity contribution in [1.82, 2.24) is 19.7 Å². The van der Waals surface area contributed by atoms with E-state index in [1.54, 1.807) is 0 Å². The molecule has 0 saturated carbocycles. The number of aromatic nitrogens is 4. The van der Waals surface area contributed by atoms with Gasteiger partial charge in [0.1, 0.15) is 11.5 Å². The fourth-order valence-electron chi connectivity index (χ4n) is 3.65. The zero-order valence-electron chi connectivity index (χ0n) is 18.1. The number of unbranched alkanes of at least 4 members (excludes halogenated alkanes) is 1. The van der Waals surface area contributed by atoms with E-state index in [2.05, 4.69) is 22.0 Å². The van der Waals surface area contributed by atoms with Crippen molar-refractivity contribution in [2.24, 2.45) is 0 Å². The van der Waals surface area contributed by atoms with Crippen LogP contribution in [0.15, 0.2) is 53.1 Å². The van der Waals surface area contributed by atoms with E-state index in [0.29, 0.717) is 18.1 Å². The Balaban J connectivity index is 1.63. The van der Waals surface area contributed by atoms with Crippen molar-refractivity contribution in [2.75, 3.05) is 0 Å². The second kappa shape index (κ2) is 10.5. The average molecular weight is 538 g/mol. The number of hydrogen-bond acceptors (Lipinski definition) is 5. The summed E-state index contributed by atoms with van der Waals surface area (Å²) < 4.78 is 5.20. The quantitative estimate of drug-likeness (QED) is 0.174. The molecule has 10 heteroatoms. The molecular weight excluding hydrogens is 518 g/mol. The number of halogens is 4. The van der Waals surface area contributed by atoms with Crippen LogP contribution in [0.3, 0.4) is 0 Å². The zero-order chi connectivity index (χ0) is 24.3. The highest BCUT2D eigenvalue weighted by Gasteiger charge is 2.31. The third-order valence-electron chi connectivity index (χ3n) is 5.35. The smallest absolute Gasteiger partial charge is 0.279 e. The first-order chi connectivity index (χ1) is 16.3. The van der Waals surface area contributed by atoms with Crippen LogP contribution in [0.25, 0.3) is 22.5 Å². The van der Waals surface area contributed by atoms with Gasteiger partial charge in [0.15, 0.2) is 11.4 Å². The number of carbonyl (C=O) groups excluding carboxylic acids is 1. The first-order valence-corrected chi connectivity index (χ1v) is 12.1. The second-order valence-electron chi connectivity index (χ2n) is 7.68. The van der Waals surface area contributed by atoms with E-state index in [0.717, 1.165) is 53.6 Å². The van der Waals surface area contributed by atoms with Gasteiger partial charge < -0.3 is 9.09 Å². The molecule has 0 saturated heterocycles. The van der Waals surface area contributed by atoms with Gasteiger partial charge in [0.2, 0.25) is 5.82 Å². The van der Waals surface area contributed by atoms with Crippen molar-refractivity contribution < 1.29 is 9.32 Å². The molecule has 0 unspecified atom stereocenters. The SMILES string of the molecule is CCCCc1nc(Cl)c(C=O)n1Cc1ccc(-c2ccccc2-c2noc(C(Cl)(Cl)Cl)n2)cc1. The molecule has 0 fully saturated rings. The van der Waals surface area contributed by atoms with Crippen molar-refractivity contribution in [3.05, 3.63) is 76.7 Å². The molecule has 0 radical (unpaired) electrons. The van der Waals surface area contributed by atoms with Gasteiger partial charge in [-0.3, -0.25) is 4.79 Å². The number of aryl methyl sites for hydroxylation is 1. The third kappa shape index (κ3) is 5.31. The van der Waals surface area contributed by atoms with Gasteiger partial charge in [-0.25, -0.2) is 4.98 Å². The van der Waals surface area contributed by atoms with E-state index in [4.69, 9.17) is 50.9 Å². The Morgan fingerprint density at radius 2 is 1.74 bits per heavy atom. The summed E-state index contributed by atoms with van der Waals surface area (Å²) in [6, 6.07) is 15.6. The van der Waals surface area contributed by atoms with E-state index in [9.17, 15) is 4.79 Å². The molecule has 2 heterocycles. The lowest BCUT2D eigenvalue weighted by molar-refractivity contribution is 0.111. The Kier molecular flexibility index (Phi) is 7.63. The maximum Gasteiger partial charge on any atom is 0.279 e. The van der Waals surface area contributed by atoms with Crippen LogP contribution >= 0.6 is 46.4 Å². The lowest BCUT2D eigenvalue weighted by atomic mass is 9.98. The first-order valence-electron chi connectivity index (χ1n) is 10.6. The number of benzene rings is 2. The van der Waals surface area contributed by atoms with Gasteiger partial charge in [-0.1, -0.05) is 113 Å². The van der Waals surface area contributed by atoms with Crippen LogP contribution in [0, 0.1) is 0 Å². The summed E-state index contributed by atoms with van der Waals surface area (Å²) in [6.45, 7) is 2.60. The lowest BCUT2D eigenvalue weighted by Crippen LogP contribution is -2.08. The van der Waals surface area contributed by atoms with Crippen LogP contribution < -0.4 is 0 Å². The molecule has 0 aliphatic carbocycles. The number of aldehydes is 1. The molecule has 0 atom stereocenters. The standard InChI is InChI=1S/C24H20Cl4N4O2/c1-2-3-8-20-29-21(25)19(14-33)32(20)13-15-9-11-16(12-10-15)17-6-4-5-7-18(17)22-30-23(34-31-22)24(26,27)28/h4-7,9-12,14H,2-3,8,13H2,1H3. The Hall–Kier alpha value is -2.38. The van der Waals surface area contributed by atoms with Gasteiger partial charge in [0.25, 0.3) is 9.68 Å². The van der Waals surface area contributed by atoms with Gasteiger partial charge in [-0.2, -0.15) is 4.98 Å². The molecule has 4 rings (SSSR count). The van der Waals surface area contributed by atoms with Crippen LogP contribution in [0.2, 0.25) is 5.15 Å². The number of imidazole rings is 1. The molecule has 0 amide bonds. The largest absolute Gasteiger partial charge is 0.334 e. The van der Waals surface area contributed by atoms with Crippen molar-refractivity contribution in [1.29, 1.82) is 0 Å². The topological polar surface area (TPSA) is 73.8 Å². The van der Waals surface area contributed by atoms with Crippen molar-refractivity contribution in [3.63, 3.8) is 0 Å². The molecular formula is C24H20Cl4N4O2. The zero-order valence-corrected chi connectivity index (χ0v) is 21.2. The van der Waals surface area contributed by atoms with Gasteiger partial charge in [-0.15, -0.1) is 0 Å². The minimum atomic E-state index is -1.80. The van der Waals surface area contributed by atoms with Crippen molar-refractivity contribution in [3.8, 4) is 22.5 Å². The van der Waals surface area contributed by atoms with Crippen LogP contribution in [-0.2, 0) is 16.8 Å². The summed E-state index contributed by atoms with van der Waals surface area (Å²) in [5, 5.41) is 4.21. The Bertz CT molecular complexity index is 1290. The summed E-state index contributed by atoms with van der Waals surface area (Å²) in [5.74, 6) is 1.04. The molecule has 0 spiro atoms. The Morgan fingerprint density at radius 1 is 1.03 bits per heavy atom. The molecule has 2 aromatic heterocycles. The highest BCUT2D eigenvalue weighted by molar-refractivity contribution is 6.66. The predicted molar refractivity (Wildman–Crippen MR) is 135 cm³/mol. The van der Waals surface area contributed by atoms with Gasteiger partial charge >= 0.3 is 0 Å². The minimum absolute atomic E-state index is 0.0958. The molecule has 6 nitrogen and oxygen atoms in total. The summed E-state index contributed by atoms with van der Waals surface area (Å²) >= 11 is 23.8. The van der Waals surface area contributed by atoms with Gasteiger partial charge in [0, 0.05) is 18.5 Å². The predicted octanol–water partition coefficient (Wildman–Crippen LogP) is 7.28. The second-order valence-corrected chi connectivity index (χ2v) is 10.3. The fourth-order valence-corrected chi connectivity index (χ4v) is 4.12. The lowest BCUT2D eigenvalue weighted by Gasteiger charge is -2.11. The van der Waals surface area contributed by atoms with E-state index in [1.807, 2.05) is 53.1 Å². The molecule has 4 aromatic rings. The highest BCUT2D eigenvalue weighted by atomic mass is 35.6. The molecule has 176 valence electrons. The number of alkyl halides is 3. The van der Waals surface area contributed by atoms with E-state index < -0.39 is 3.79 Å². The molecule has 34 heavy (non-hydrogen) atoms. The number of carbonyl (C=O) groups is 1. The maximum atomic E-state index is 11.6. The Labute approximate surface area is 216 Å². The van der Waals surface area contributed by atoms with Crippen molar-refractivity contribution >= 4 is 52.7 Å². The molecule has 0 bridgehead atoms.